The zero-order chi connectivity index (χ0) is 22.4. The third-order valence-corrected chi connectivity index (χ3v) is 5.19. The van der Waals surface area contributed by atoms with Crippen molar-refractivity contribution < 1.29 is 9.53 Å². The molecule has 0 spiro atoms. The van der Waals surface area contributed by atoms with Crippen molar-refractivity contribution in [3.8, 4) is 5.75 Å². The maximum absolute atomic E-state index is 12.1. The highest BCUT2D eigenvalue weighted by atomic mass is 35.5. The predicted molar refractivity (Wildman–Crippen MR) is 133 cm³/mol. The molecule has 0 radical (unpaired) electrons. The lowest BCUT2D eigenvalue weighted by Crippen LogP contribution is -2.42. The predicted octanol–water partition coefficient (Wildman–Crippen LogP) is 2.65. The Bertz CT molecular complexity index is 1120. The van der Waals surface area contributed by atoms with Gasteiger partial charge in [-0.25, -0.2) is 4.98 Å². The zero-order valence-corrected chi connectivity index (χ0v) is 19.4. The van der Waals surface area contributed by atoms with Crippen LogP contribution in [0.5, 0.6) is 5.75 Å². The van der Waals surface area contributed by atoms with Gasteiger partial charge in [-0.1, -0.05) is 17.7 Å². The number of benzene rings is 2. The second-order valence-corrected chi connectivity index (χ2v) is 7.71. The number of nitrogens with one attached hydrogen (secondary N) is 1. The largest absolute Gasteiger partial charge is 0.492 e. The van der Waals surface area contributed by atoms with E-state index in [9.17, 15) is 4.79 Å². The average molecular weight is 479 g/mol. The first kappa shape index (κ1) is 25.5. The fraction of sp³-hybridized carbons (Fsp3) is 0.318. The van der Waals surface area contributed by atoms with Gasteiger partial charge in [-0.2, -0.15) is 0 Å². The van der Waals surface area contributed by atoms with Crippen LogP contribution in [-0.2, 0) is 4.79 Å². The van der Waals surface area contributed by atoms with Crippen molar-refractivity contribution in [1.82, 2.24) is 10.3 Å². The number of carbonyl (C=O) groups is 1. The van der Waals surface area contributed by atoms with E-state index in [0.717, 1.165) is 27.4 Å². The summed E-state index contributed by atoms with van der Waals surface area (Å²) in [5, 5.41) is 5.51. The number of carbonyl (C=O) groups excluding carboxylic acids is 1. The molecular weight excluding hydrogens is 451 g/mol. The number of fused-ring (bicyclic) bond motifs is 2. The lowest BCUT2D eigenvalue weighted by Gasteiger charge is -2.13. The van der Waals surface area contributed by atoms with Gasteiger partial charge < -0.3 is 27.3 Å². The minimum atomic E-state index is -0.606. The molecule has 0 bridgehead atoms. The topological polar surface area (TPSA) is 142 Å². The molecule has 0 unspecified atom stereocenters. The smallest absolute Gasteiger partial charge is 0.237 e. The van der Waals surface area contributed by atoms with Crippen LogP contribution in [0.4, 0.5) is 0 Å². The quantitative estimate of drug-likeness (QED) is 0.161. The summed E-state index contributed by atoms with van der Waals surface area (Å²) in [4.78, 5) is 20.6. The van der Waals surface area contributed by atoms with Crippen LogP contribution in [0.3, 0.4) is 0 Å². The SMILES string of the molecule is Cc1c2ccc(Cl)cc2nc2ccc(OCCNC(=O)[C@@H](N)CCCN=C(N)N)cc12.Cl. The fourth-order valence-corrected chi connectivity index (χ4v) is 3.48. The first-order chi connectivity index (χ1) is 14.8. The maximum atomic E-state index is 12.1. The van der Waals surface area contributed by atoms with Crippen LogP contribution in [0, 0.1) is 6.92 Å². The third-order valence-electron chi connectivity index (χ3n) is 4.95. The van der Waals surface area contributed by atoms with Gasteiger partial charge in [0.15, 0.2) is 5.96 Å². The number of aryl methyl sites for hydroxylation is 1. The highest BCUT2D eigenvalue weighted by molar-refractivity contribution is 6.31. The standard InChI is InChI=1S/C22H27ClN6O2.ClH/c1-13-16-6-4-14(23)11-20(16)29-19-7-5-15(12-17(13)19)31-10-9-27-21(30)18(24)3-2-8-28-22(25)26;/h4-7,11-12,18H,2-3,8-10,24H2,1H3,(H,27,30)(H4,25,26,28);1H/t18-;/m0./s1. The summed E-state index contributed by atoms with van der Waals surface area (Å²) in [5.74, 6) is 0.519. The van der Waals surface area contributed by atoms with Crippen molar-refractivity contribution >= 4 is 57.7 Å². The van der Waals surface area contributed by atoms with E-state index in [-0.39, 0.29) is 24.3 Å². The number of hydrogen-bond acceptors (Lipinski definition) is 5. The van der Waals surface area contributed by atoms with E-state index >= 15 is 0 Å². The number of nitrogens with zero attached hydrogens (tertiary/aromatic N) is 2. The molecular formula is C22H28Cl2N6O2. The molecule has 32 heavy (non-hydrogen) atoms. The van der Waals surface area contributed by atoms with E-state index in [0.29, 0.717) is 43.3 Å². The molecule has 0 aliphatic heterocycles. The van der Waals surface area contributed by atoms with Crippen molar-refractivity contribution in [2.45, 2.75) is 25.8 Å². The maximum Gasteiger partial charge on any atom is 0.237 e. The van der Waals surface area contributed by atoms with E-state index in [2.05, 4.69) is 22.2 Å². The first-order valence-electron chi connectivity index (χ1n) is 10.1. The average Bonchev–Trinajstić information content (AvgIpc) is 2.74. The van der Waals surface area contributed by atoms with Crippen LogP contribution >= 0.6 is 24.0 Å². The third kappa shape index (κ3) is 6.59. The number of rotatable bonds is 9. The minimum absolute atomic E-state index is 0. The summed E-state index contributed by atoms with van der Waals surface area (Å²) in [6.07, 6.45) is 1.13. The minimum Gasteiger partial charge on any atom is -0.492 e. The molecule has 3 aromatic rings. The van der Waals surface area contributed by atoms with E-state index in [1.807, 2.05) is 36.4 Å². The molecule has 1 atom stereocenters. The number of hydrogen-bond donors (Lipinski definition) is 4. The summed E-state index contributed by atoms with van der Waals surface area (Å²) < 4.78 is 5.81. The lowest BCUT2D eigenvalue weighted by atomic mass is 10.0. The molecule has 0 aliphatic rings. The van der Waals surface area contributed by atoms with E-state index < -0.39 is 6.04 Å². The molecule has 1 heterocycles. The second-order valence-electron chi connectivity index (χ2n) is 7.27. The number of halogens is 2. The van der Waals surface area contributed by atoms with Gasteiger partial charge in [0.25, 0.3) is 0 Å². The highest BCUT2D eigenvalue weighted by Crippen LogP contribution is 2.29. The van der Waals surface area contributed by atoms with Gasteiger partial charge >= 0.3 is 0 Å². The summed E-state index contributed by atoms with van der Waals surface area (Å²) in [5.41, 5.74) is 19.3. The number of ether oxygens (including phenoxy) is 1. The molecule has 0 saturated carbocycles. The number of aromatic nitrogens is 1. The molecule has 2 aromatic carbocycles. The molecule has 1 aromatic heterocycles. The number of amides is 1. The van der Waals surface area contributed by atoms with Crippen molar-refractivity contribution in [3.05, 3.63) is 47.0 Å². The summed E-state index contributed by atoms with van der Waals surface area (Å²) >= 11 is 6.09. The van der Waals surface area contributed by atoms with Gasteiger partial charge in [0, 0.05) is 22.3 Å². The van der Waals surface area contributed by atoms with Crippen LogP contribution < -0.4 is 27.3 Å². The summed E-state index contributed by atoms with van der Waals surface area (Å²) in [7, 11) is 0. The monoisotopic (exact) mass is 478 g/mol. The molecule has 0 saturated heterocycles. The van der Waals surface area contributed by atoms with E-state index in [4.69, 9.17) is 33.5 Å². The van der Waals surface area contributed by atoms with Crippen LogP contribution in [0.25, 0.3) is 21.8 Å². The normalized spacial score (nSPS) is 11.6. The Labute approximate surface area is 197 Å². The Hall–Kier alpha value is -2.81. The van der Waals surface area contributed by atoms with Crippen LogP contribution in [-0.4, -0.2) is 42.6 Å². The van der Waals surface area contributed by atoms with Crippen LogP contribution in [0.2, 0.25) is 5.02 Å². The molecule has 0 fully saturated rings. The number of nitrogens with two attached hydrogens (primary N) is 3. The molecule has 3 rings (SSSR count). The van der Waals surface area contributed by atoms with Gasteiger partial charge in [-0.3, -0.25) is 9.79 Å². The van der Waals surface area contributed by atoms with Crippen molar-refractivity contribution in [2.24, 2.45) is 22.2 Å². The Balaban J connectivity index is 0.00000363. The second kappa shape index (κ2) is 11.7. The zero-order valence-electron chi connectivity index (χ0n) is 17.8. The van der Waals surface area contributed by atoms with Crippen LogP contribution in [0.1, 0.15) is 18.4 Å². The number of pyridine rings is 1. The summed E-state index contributed by atoms with van der Waals surface area (Å²) in [6, 6.07) is 10.8. The molecule has 10 heteroatoms. The van der Waals surface area contributed by atoms with Gasteiger partial charge in [-0.15, -0.1) is 12.4 Å². The number of guanidine groups is 1. The van der Waals surface area contributed by atoms with Crippen molar-refractivity contribution in [1.29, 1.82) is 0 Å². The Morgan fingerprint density at radius 2 is 1.97 bits per heavy atom. The Kier molecular flexibility index (Phi) is 9.31. The van der Waals surface area contributed by atoms with Gasteiger partial charge in [0.2, 0.25) is 5.91 Å². The Morgan fingerprint density at radius 3 is 2.72 bits per heavy atom. The van der Waals surface area contributed by atoms with E-state index in [1.54, 1.807) is 0 Å². The lowest BCUT2D eigenvalue weighted by molar-refractivity contribution is -0.122. The molecule has 172 valence electrons. The van der Waals surface area contributed by atoms with Gasteiger partial charge in [-0.05, 0) is 55.7 Å². The molecule has 0 aliphatic carbocycles. The van der Waals surface area contributed by atoms with Crippen LogP contribution in [0.15, 0.2) is 41.4 Å². The fourth-order valence-electron chi connectivity index (χ4n) is 3.32. The number of aliphatic imine (C=N–C) groups is 1. The molecule has 8 nitrogen and oxygen atoms in total. The molecule has 7 N–H and O–H groups in total. The van der Waals surface area contributed by atoms with E-state index in [1.165, 1.54) is 0 Å². The summed E-state index contributed by atoms with van der Waals surface area (Å²) in [6.45, 7) is 3.18. The first-order valence-corrected chi connectivity index (χ1v) is 10.4. The Morgan fingerprint density at radius 1 is 1.19 bits per heavy atom. The van der Waals surface area contributed by atoms with Crippen molar-refractivity contribution in [3.63, 3.8) is 0 Å². The van der Waals surface area contributed by atoms with Gasteiger partial charge in [0.1, 0.15) is 12.4 Å². The highest BCUT2D eigenvalue weighted by Gasteiger charge is 2.12. The van der Waals surface area contributed by atoms with Crippen molar-refractivity contribution in [2.75, 3.05) is 19.7 Å². The molecule has 1 amide bonds. The van der Waals surface area contributed by atoms with Gasteiger partial charge in [0.05, 0.1) is 23.6 Å².